The molecule has 1 N–H and O–H groups in total. The number of rotatable bonds is 2. The van der Waals surface area contributed by atoms with Crippen LogP contribution in [-0.2, 0) is 9.53 Å². The van der Waals surface area contributed by atoms with E-state index < -0.39 is 5.60 Å². The molecule has 1 aromatic carbocycles. The van der Waals surface area contributed by atoms with Gasteiger partial charge in [0.15, 0.2) is 0 Å². The Morgan fingerprint density at radius 1 is 1.45 bits per heavy atom. The van der Waals surface area contributed by atoms with Crippen LogP contribution in [0.5, 0.6) is 0 Å². The average Bonchev–Trinajstić information content (AvgIpc) is 2.44. The van der Waals surface area contributed by atoms with E-state index in [2.05, 4.69) is 15.9 Å². The third kappa shape index (κ3) is 2.62. The van der Waals surface area contributed by atoms with Crippen LogP contribution < -0.4 is 0 Å². The Morgan fingerprint density at radius 2 is 2.25 bits per heavy atom. The lowest BCUT2D eigenvalue weighted by atomic mass is 9.79. The molecule has 2 fully saturated rings. The van der Waals surface area contributed by atoms with E-state index in [1.807, 2.05) is 24.3 Å². The van der Waals surface area contributed by atoms with E-state index in [1.165, 1.54) is 0 Å². The topological polar surface area (TPSA) is 49.8 Å². The van der Waals surface area contributed by atoms with Crippen molar-refractivity contribution in [1.82, 2.24) is 4.90 Å². The lowest BCUT2D eigenvalue weighted by Crippen LogP contribution is -2.56. The normalized spacial score (nSPS) is 25.1. The van der Waals surface area contributed by atoms with E-state index in [-0.39, 0.29) is 12.0 Å². The molecular formula is C15H18BrNO3. The molecule has 2 aliphatic rings. The average molecular weight is 340 g/mol. The fraction of sp³-hybridized carbons (Fsp3) is 0.533. The minimum atomic E-state index is -1.11. The van der Waals surface area contributed by atoms with Gasteiger partial charge in [0.2, 0.25) is 0 Å². The maximum Gasteiger partial charge on any atom is 0.254 e. The first-order valence-corrected chi connectivity index (χ1v) is 7.77. The van der Waals surface area contributed by atoms with E-state index in [1.54, 1.807) is 4.90 Å². The van der Waals surface area contributed by atoms with Crippen molar-refractivity contribution in [2.24, 2.45) is 0 Å². The Kier molecular flexibility index (Phi) is 3.84. The summed E-state index contributed by atoms with van der Waals surface area (Å²) in [6, 6.07) is 7.94. The van der Waals surface area contributed by atoms with Gasteiger partial charge in [-0.25, -0.2) is 0 Å². The highest BCUT2D eigenvalue weighted by atomic mass is 79.9. The van der Waals surface area contributed by atoms with Gasteiger partial charge in [-0.2, -0.15) is 0 Å². The number of hydrogen-bond acceptors (Lipinski definition) is 3. The van der Waals surface area contributed by atoms with Crippen molar-refractivity contribution in [2.45, 2.75) is 31.0 Å². The smallest absolute Gasteiger partial charge is 0.254 e. The van der Waals surface area contributed by atoms with Gasteiger partial charge in [-0.15, -0.1) is 0 Å². The Bertz CT molecular complexity index is 516. The number of carbonyl (C=O) groups is 1. The maximum atomic E-state index is 12.4. The second kappa shape index (κ2) is 5.47. The second-order valence-corrected chi connectivity index (χ2v) is 6.47. The van der Waals surface area contributed by atoms with Crippen LogP contribution in [0.25, 0.3) is 0 Å². The molecule has 0 radical (unpaired) electrons. The van der Waals surface area contributed by atoms with Crippen LogP contribution in [0.1, 0.15) is 30.9 Å². The number of ether oxygens (including phenoxy) is 1. The third-order valence-corrected chi connectivity index (χ3v) is 4.65. The van der Waals surface area contributed by atoms with Gasteiger partial charge < -0.3 is 14.7 Å². The molecule has 108 valence electrons. The predicted molar refractivity (Wildman–Crippen MR) is 78.2 cm³/mol. The molecule has 0 spiro atoms. The maximum absolute atomic E-state index is 12.4. The molecule has 3 rings (SSSR count). The third-order valence-electron chi connectivity index (χ3n) is 4.15. The summed E-state index contributed by atoms with van der Waals surface area (Å²) in [6.45, 7) is 1.59. The van der Waals surface area contributed by atoms with Crippen LogP contribution in [0.3, 0.4) is 0 Å². The number of amides is 1. The molecule has 0 aromatic heterocycles. The molecule has 0 bridgehead atoms. The molecule has 1 saturated heterocycles. The zero-order chi connectivity index (χ0) is 14.2. The summed E-state index contributed by atoms with van der Waals surface area (Å²) in [7, 11) is 0. The summed E-state index contributed by atoms with van der Waals surface area (Å²) in [5.41, 5.74) is -0.0587. The first-order valence-electron chi connectivity index (χ1n) is 6.97. The highest BCUT2D eigenvalue weighted by Crippen LogP contribution is 2.35. The molecule has 5 heteroatoms. The summed E-state index contributed by atoms with van der Waals surface area (Å²) >= 11 is 3.45. The van der Waals surface area contributed by atoms with Gasteiger partial charge in [0, 0.05) is 11.0 Å². The van der Waals surface area contributed by atoms with E-state index in [0.717, 1.165) is 16.5 Å². The number of morpholine rings is 1. The predicted octanol–water partition coefficient (Wildman–Crippen LogP) is 2.26. The van der Waals surface area contributed by atoms with Crippen LogP contribution in [0.2, 0.25) is 0 Å². The summed E-state index contributed by atoms with van der Waals surface area (Å²) < 4.78 is 6.77. The molecular weight excluding hydrogens is 322 g/mol. The van der Waals surface area contributed by atoms with E-state index in [0.29, 0.717) is 32.5 Å². The molecule has 1 unspecified atom stereocenters. The van der Waals surface area contributed by atoms with Gasteiger partial charge in [-0.1, -0.05) is 28.1 Å². The van der Waals surface area contributed by atoms with Crippen molar-refractivity contribution >= 4 is 21.8 Å². The van der Waals surface area contributed by atoms with Gasteiger partial charge in [0.05, 0.1) is 13.2 Å². The standard InChI is InChI=1S/C15H18BrNO3/c16-12-4-1-3-11(9-12)13-10-17(7-8-20-13)14(18)15(19)5-2-6-15/h1,3-4,9,13,19H,2,5-8,10H2. The lowest BCUT2D eigenvalue weighted by molar-refractivity contribution is -0.167. The van der Waals surface area contributed by atoms with Gasteiger partial charge in [-0.05, 0) is 37.0 Å². The minimum Gasteiger partial charge on any atom is -0.380 e. The van der Waals surface area contributed by atoms with Crippen molar-refractivity contribution in [3.8, 4) is 0 Å². The zero-order valence-corrected chi connectivity index (χ0v) is 12.8. The van der Waals surface area contributed by atoms with E-state index in [4.69, 9.17) is 4.74 Å². The quantitative estimate of drug-likeness (QED) is 0.899. The molecule has 20 heavy (non-hydrogen) atoms. The highest BCUT2D eigenvalue weighted by molar-refractivity contribution is 9.10. The van der Waals surface area contributed by atoms with Crippen LogP contribution >= 0.6 is 15.9 Å². The molecule has 1 aliphatic heterocycles. The van der Waals surface area contributed by atoms with Crippen LogP contribution in [0.4, 0.5) is 0 Å². The molecule has 1 aromatic rings. The SMILES string of the molecule is O=C(N1CCOC(c2cccc(Br)c2)C1)C1(O)CCC1. The van der Waals surface area contributed by atoms with Crippen molar-refractivity contribution in [3.63, 3.8) is 0 Å². The number of benzene rings is 1. The number of halogens is 1. The minimum absolute atomic E-state index is 0.117. The fourth-order valence-electron chi connectivity index (χ4n) is 2.76. The number of nitrogens with zero attached hydrogens (tertiary/aromatic N) is 1. The van der Waals surface area contributed by atoms with E-state index >= 15 is 0 Å². The Morgan fingerprint density at radius 3 is 2.90 bits per heavy atom. The number of hydrogen-bond donors (Lipinski definition) is 1. The first kappa shape index (κ1) is 14.0. The summed E-state index contributed by atoms with van der Waals surface area (Å²) in [5, 5.41) is 10.2. The first-order chi connectivity index (χ1) is 9.58. The zero-order valence-electron chi connectivity index (χ0n) is 11.2. The van der Waals surface area contributed by atoms with Crippen molar-refractivity contribution in [2.75, 3.05) is 19.7 Å². The summed E-state index contributed by atoms with van der Waals surface area (Å²) in [5.74, 6) is -0.132. The van der Waals surface area contributed by atoms with Gasteiger partial charge in [0.25, 0.3) is 5.91 Å². The van der Waals surface area contributed by atoms with Gasteiger partial charge in [-0.3, -0.25) is 4.79 Å². The van der Waals surface area contributed by atoms with Crippen LogP contribution in [-0.4, -0.2) is 41.2 Å². The van der Waals surface area contributed by atoms with Crippen LogP contribution in [0, 0.1) is 0 Å². The molecule has 4 nitrogen and oxygen atoms in total. The Labute approximate surface area is 126 Å². The van der Waals surface area contributed by atoms with Crippen molar-refractivity contribution in [3.05, 3.63) is 34.3 Å². The molecule has 1 atom stereocenters. The largest absolute Gasteiger partial charge is 0.380 e. The van der Waals surface area contributed by atoms with Crippen LogP contribution in [0.15, 0.2) is 28.7 Å². The van der Waals surface area contributed by atoms with Crippen molar-refractivity contribution in [1.29, 1.82) is 0 Å². The highest BCUT2D eigenvalue weighted by Gasteiger charge is 2.45. The molecule has 1 saturated carbocycles. The summed E-state index contributed by atoms with van der Waals surface area (Å²) in [6.07, 6.45) is 1.99. The molecule has 1 aliphatic carbocycles. The fourth-order valence-corrected chi connectivity index (χ4v) is 3.18. The molecule has 1 heterocycles. The Hall–Kier alpha value is -0.910. The van der Waals surface area contributed by atoms with Crippen molar-refractivity contribution < 1.29 is 14.6 Å². The lowest BCUT2D eigenvalue weighted by Gasteiger charge is -2.42. The van der Waals surface area contributed by atoms with Gasteiger partial charge in [0.1, 0.15) is 11.7 Å². The number of carbonyl (C=O) groups excluding carboxylic acids is 1. The summed E-state index contributed by atoms with van der Waals surface area (Å²) in [4.78, 5) is 14.1. The van der Waals surface area contributed by atoms with E-state index in [9.17, 15) is 9.90 Å². The number of aliphatic hydroxyl groups is 1. The molecule has 1 amide bonds. The monoisotopic (exact) mass is 339 g/mol. The second-order valence-electron chi connectivity index (χ2n) is 5.55. The Balaban J connectivity index is 1.72. The van der Waals surface area contributed by atoms with Gasteiger partial charge >= 0.3 is 0 Å².